The minimum absolute atomic E-state index is 0.876. The molecule has 1 saturated carbocycles. The molecule has 1 heterocycles. The average molecular weight is 221 g/mol. The summed E-state index contributed by atoms with van der Waals surface area (Å²) in [6, 6.07) is 0. The molecule has 1 aliphatic rings. The van der Waals surface area contributed by atoms with Gasteiger partial charge in [0.2, 0.25) is 0 Å². The van der Waals surface area contributed by atoms with Crippen molar-refractivity contribution in [1.29, 1.82) is 0 Å². The van der Waals surface area contributed by atoms with E-state index in [1.54, 1.807) is 0 Å². The number of hydrogen-bond acceptors (Lipinski definition) is 2. The molecule has 0 atom stereocenters. The van der Waals surface area contributed by atoms with Gasteiger partial charge in [0.05, 0.1) is 6.54 Å². The van der Waals surface area contributed by atoms with Crippen molar-refractivity contribution < 1.29 is 0 Å². The monoisotopic (exact) mass is 221 g/mol. The van der Waals surface area contributed by atoms with Crippen LogP contribution in [0.2, 0.25) is 0 Å². The lowest BCUT2D eigenvalue weighted by molar-refractivity contribution is 0.262. The van der Waals surface area contributed by atoms with Crippen molar-refractivity contribution in [1.82, 2.24) is 15.3 Å². The number of nitrogens with one attached hydrogen (secondary N) is 2. The largest absolute Gasteiger partial charge is 0.348 e. The maximum Gasteiger partial charge on any atom is 0.120 e. The molecule has 16 heavy (non-hydrogen) atoms. The highest BCUT2D eigenvalue weighted by Crippen LogP contribution is 2.29. The maximum absolute atomic E-state index is 4.21. The first-order valence-electron chi connectivity index (χ1n) is 6.57. The van der Waals surface area contributed by atoms with E-state index >= 15 is 0 Å². The van der Waals surface area contributed by atoms with Gasteiger partial charge in [-0.25, -0.2) is 4.98 Å². The minimum Gasteiger partial charge on any atom is -0.348 e. The van der Waals surface area contributed by atoms with Gasteiger partial charge in [0.15, 0.2) is 0 Å². The van der Waals surface area contributed by atoms with Gasteiger partial charge < -0.3 is 10.3 Å². The number of H-pyrrole nitrogens is 1. The fourth-order valence-electron chi connectivity index (χ4n) is 2.63. The van der Waals surface area contributed by atoms with Crippen LogP contribution in [-0.4, -0.2) is 16.5 Å². The zero-order chi connectivity index (χ0) is 11.2. The third-order valence-electron chi connectivity index (χ3n) is 3.82. The predicted octanol–water partition coefficient (Wildman–Crippen LogP) is 2.72. The molecule has 90 valence electrons. The summed E-state index contributed by atoms with van der Waals surface area (Å²) < 4.78 is 0. The molecule has 1 aromatic rings. The van der Waals surface area contributed by atoms with E-state index in [4.69, 9.17) is 0 Å². The lowest BCUT2D eigenvalue weighted by Crippen LogP contribution is -2.26. The highest BCUT2D eigenvalue weighted by atomic mass is 15.0. The number of nitrogens with zero attached hydrogens (tertiary/aromatic N) is 1. The topological polar surface area (TPSA) is 40.7 Å². The summed E-state index contributed by atoms with van der Waals surface area (Å²) in [5, 5.41) is 3.50. The molecular formula is C13H23N3. The van der Waals surface area contributed by atoms with Crippen molar-refractivity contribution in [3.8, 4) is 0 Å². The van der Waals surface area contributed by atoms with E-state index in [1.807, 2.05) is 12.4 Å². The first-order chi connectivity index (χ1) is 7.88. The number of rotatable bonds is 5. The number of aromatic nitrogens is 2. The molecule has 1 fully saturated rings. The SMILES string of the molecule is CCC1CCC(CNCc2ncc[nH]2)CC1. The van der Waals surface area contributed by atoms with E-state index < -0.39 is 0 Å². The molecule has 0 spiro atoms. The molecule has 3 nitrogen and oxygen atoms in total. The van der Waals surface area contributed by atoms with E-state index in [0.717, 1.165) is 30.7 Å². The quantitative estimate of drug-likeness (QED) is 0.802. The Bertz CT molecular complexity index is 273. The summed E-state index contributed by atoms with van der Waals surface area (Å²) >= 11 is 0. The molecule has 0 radical (unpaired) electrons. The van der Waals surface area contributed by atoms with Crippen molar-refractivity contribution >= 4 is 0 Å². The van der Waals surface area contributed by atoms with Crippen LogP contribution in [0, 0.1) is 11.8 Å². The second-order valence-electron chi connectivity index (χ2n) is 4.96. The minimum atomic E-state index is 0.876. The maximum atomic E-state index is 4.21. The van der Waals surface area contributed by atoms with Crippen LogP contribution in [-0.2, 0) is 6.54 Å². The van der Waals surface area contributed by atoms with Gasteiger partial charge in [0, 0.05) is 12.4 Å². The molecule has 0 amide bonds. The second-order valence-corrected chi connectivity index (χ2v) is 4.96. The lowest BCUT2D eigenvalue weighted by Gasteiger charge is -2.27. The highest BCUT2D eigenvalue weighted by molar-refractivity contribution is 4.86. The lowest BCUT2D eigenvalue weighted by atomic mass is 9.81. The summed E-state index contributed by atoms with van der Waals surface area (Å²) in [6.45, 7) is 4.35. The van der Waals surface area contributed by atoms with Gasteiger partial charge in [-0.2, -0.15) is 0 Å². The van der Waals surface area contributed by atoms with Gasteiger partial charge in [-0.1, -0.05) is 26.2 Å². The predicted molar refractivity (Wildman–Crippen MR) is 66.0 cm³/mol. The smallest absolute Gasteiger partial charge is 0.120 e. The van der Waals surface area contributed by atoms with Crippen LogP contribution in [0.15, 0.2) is 12.4 Å². The third-order valence-corrected chi connectivity index (χ3v) is 3.82. The Morgan fingerprint density at radius 2 is 2.06 bits per heavy atom. The Hall–Kier alpha value is -0.830. The molecule has 2 rings (SSSR count). The summed E-state index contributed by atoms with van der Waals surface area (Å²) in [7, 11) is 0. The van der Waals surface area contributed by atoms with Gasteiger partial charge in [-0.3, -0.25) is 0 Å². The molecule has 2 N–H and O–H groups in total. The second kappa shape index (κ2) is 6.04. The van der Waals surface area contributed by atoms with E-state index in [2.05, 4.69) is 22.2 Å². The fourth-order valence-corrected chi connectivity index (χ4v) is 2.63. The molecule has 0 saturated heterocycles. The molecule has 0 aromatic carbocycles. The molecular weight excluding hydrogens is 198 g/mol. The van der Waals surface area contributed by atoms with Crippen LogP contribution < -0.4 is 5.32 Å². The van der Waals surface area contributed by atoms with Crippen LogP contribution in [0.25, 0.3) is 0 Å². The van der Waals surface area contributed by atoms with Crippen molar-refractivity contribution in [2.24, 2.45) is 11.8 Å². The van der Waals surface area contributed by atoms with Crippen LogP contribution in [0.4, 0.5) is 0 Å². The third kappa shape index (κ3) is 3.34. The van der Waals surface area contributed by atoms with E-state index in [9.17, 15) is 0 Å². The Balaban J connectivity index is 1.60. The Kier molecular flexibility index (Phi) is 4.40. The van der Waals surface area contributed by atoms with Crippen LogP contribution in [0.3, 0.4) is 0 Å². The molecule has 0 bridgehead atoms. The van der Waals surface area contributed by atoms with Gasteiger partial charge >= 0.3 is 0 Å². The van der Waals surface area contributed by atoms with E-state index in [-0.39, 0.29) is 0 Å². The number of hydrogen-bond donors (Lipinski definition) is 2. The molecule has 0 aliphatic heterocycles. The van der Waals surface area contributed by atoms with E-state index in [1.165, 1.54) is 32.1 Å². The van der Waals surface area contributed by atoms with E-state index in [0.29, 0.717) is 0 Å². The number of imidazole rings is 1. The fraction of sp³-hybridized carbons (Fsp3) is 0.769. The standard InChI is InChI=1S/C13H23N3/c1-2-11-3-5-12(6-4-11)9-14-10-13-15-7-8-16-13/h7-8,11-12,14H,2-6,9-10H2,1H3,(H,15,16). The Labute approximate surface area is 98.1 Å². The normalized spacial score (nSPS) is 25.8. The Morgan fingerprint density at radius 1 is 1.31 bits per heavy atom. The summed E-state index contributed by atoms with van der Waals surface area (Å²) in [4.78, 5) is 7.32. The van der Waals surface area contributed by atoms with Gasteiger partial charge in [-0.05, 0) is 31.2 Å². The molecule has 3 heteroatoms. The number of aromatic amines is 1. The van der Waals surface area contributed by atoms with Crippen LogP contribution in [0.5, 0.6) is 0 Å². The average Bonchev–Trinajstić information content (AvgIpc) is 2.83. The van der Waals surface area contributed by atoms with Crippen LogP contribution >= 0.6 is 0 Å². The van der Waals surface area contributed by atoms with Crippen molar-refractivity contribution in [3.05, 3.63) is 18.2 Å². The zero-order valence-corrected chi connectivity index (χ0v) is 10.2. The summed E-state index contributed by atoms with van der Waals surface area (Å²) in [6.07, 6.45) is 10.7. The van der Waals surface area contributed by atoms with Gasteiger partial charge in [0.1, 0.15) is 5.82 Å². The Morgan fingerprint density at radius 3 is 2.69 bits per heavy atom. The van der Waals surface area contributed by atoms with Crippen molar-refractivity contribution in [2.45, 2.75) is 45.6 Å². The molecule has 1 aromatic heterocycles. The first kappa shape index (κ1) is 11.6. The van der Waals surface area contributed by atoms with Gasteiger partial charge in [-0.15, -0.1) is 0 Å². The van der Waals surface area contributed by atoms with Crippen LogP contribution in [0.1, 0.15) is 44.9 Å². The summed E-state index contributed by atoms with van der Waals surface area (Å²) in [5.74, 6) is 2.93. The molecule has 1 aliphatic carbocycles. The molecule has 0 unspecified atom stereocenters. The highest BCUT2D eigenvalue weighted by Gasteiger charge is 2.19. The van der Waals surface area contributed by atoms with Crippen molar-refractivity contribution in [2.75, 3.05) is 6.54 Å². The first-order valence-corrected chi connectivity index (χ1v) is 6.57. The zero-order valence-electron chi connectivity index (χ0n) is 10.2. The van der Waals surface area contributed by atoms with Crippen molar-refractivity contribution in [3.63, 3.8) is 0 Å². The van der Waals surface area contributed by atoms with Gasteiger partial charge in [0.25, 0.3) is 0 Å². The summed E-state index contributed by atoms with van der Waals surface area (Å²) in [5.41, 5.74) is 0.